The number of benzene rings is 1. The van der Waals surface area contributed by atoms with Crippen molar-refractivity contribution in [3.05, 3.63) is 42.5 Å². The number of rotatable bonds is 7. The lowest BCUT2D eigenvalue weighted by Crippen LogP contribution is -2.26. The summed E-state index contributed by atoms with van der Waals surface area (Å²) in [6.07, 6.45) is 2.13. The van der Waals surface area contributed by atoms with Gasteiger partial charge < -0.3 is 15.1 Å². The molecule has 0 radical (unpaired) electrons. The van der Waals surface area contributed by atoms with Crippen LogP contribution in [0.15, 0.2) is 36.9 Å². The molecular weight excluding hydrogens is 214 g/mol. The van der Waals surface area contributed by atoms with Crippen LogP contribution in [0.4, 0.5) is 5.69 Å². The molecule has 0 saturated carbocycles. The average Bonchev–Trinajstić information content (AvgIpc) is 2.38. The van der Waals surface area contributed by atoms with Crippen LogP contribution in [-0.4, -0.2) is 29.9 Å². The highest BCUT2D eigenvalue weighted by molar-refractivity contribution is 5.48. The number of hydrogen-bond donors (Lipinski definition) is 2. The van der Waals surface area contributed by atoms with E-state index in [0.717, 1.165) is 11.3 Å². The number of aliphatic hydroxyl groups excluding tert-OH is 2. The fourth-order valence-corrected chi connectivity index (χ4v) is 1.75. The Bertz CT molecular complexity index is 335. The first-order valence-corrected chi connectivity index (χ1v) is 5.97. The lowest BCUT2D eigenvalue weighted by Gasteiger charge is -2.22. The molecule has 0 heterocycles. The molecule has 0 aliphatic rings. The molecule has 0 bridgehead atoms. The Kier molecular flexibility index (Phi) is 5.73. The van der Waals surface area contributed by atoms with Gasteiger partial charge >= 0.3 is 0 Å². The van der Waals surface area contributed by atoms with Gasteiger partial charge in [0.15, 0.2) is 0 Å². The van der Waals surface area contributed by atoms with E-state index in [4.69, 9.17) is 5.11 Å². The summed E-state index contributed by atoms with van der Waals surface area (Å²) < 4.78 is 0. The van der Waals surface area contributed by atoms with Gasteiger partial charge in [0.25, 0.3) is 0 Å². The Morgan fingerprint density at radius 2 is 2.00 bits per heavy atom. The average molecular weight is 235 g/mol. The summed E-state index contributed by atoms with van der Waals surface area (Å²) in [5, 5.41) is 18.7. The van der Waals surface area contributed by atoms with E-state index in [1.165, 1.54) is 0 Å². The van der Waals surface area contributed by atoms with Crippen molar-refractivity contribution in [2.24, 2.45) is 0 Å². The number of anilines is 1. The zero-order chi connectivity index (χ0) is 12.7. The second-order valence-electron chi connectivity index (χ2n) is 3.97. The van der Waals surface area contributed by atoms with E-state index in [1.54, 1.807) is 0 Å². The normalized spacial score (nSPS) is 12.2. The van der Waals surface area contributed by atoms with Crippen LogP contribution in [0.5, 0.6) is 0 Å². The van der Waals surface area contributed by atoms with Gasteiger partial charge in [-0.05, 0) is 24.1 Å². The first-order valence-electron chi connectivity index (χ1n) is 5.97. The zero-order valence-electron chi connectivity index (χ0n) is 10.3. The number of aliphatic hydroxyl groups is 2. The van der Waals surface area contributed by atoms with Gasteiger partial charge in [0.2, 0.25) is 0 Å². The van der Waals surface area contributed by atoms with Gasteiger partial charge in [0.05, 0.1) is 12.7 Å². The summed E-state index contributed by atoms with van der Waals surface area (Å²) in [7, 11) is 0. The Morgan fingerprint density at radius 3 is 2.47 bits per heavy atom. The summed E-state index contributed by atoms with van der Waals surface area (Å²) in [6, 6.07) is 7.79. The molecule has 0 aliphatic carbocycles. The van der Waals surface area contributed by atoms with Crippen molar-refractivity contribution >= 4 is 5.69 Å². The van der Waals surface area contributed by atoms with Crippen molar-refractivity contribution < 1.29 is 10.2 Å². The predicted octanol–water partition coefficient (Wildman–Crippen LogP) is 2.11. The molecule has 17 heavy (non-hydrogen) atoms. The maximum atomic E-state index is 9.70. The molecule has 3 nitrogen and oxygen atoms in total. The third-order valence-corrected chi connectivity index (χ3v) is 2.75. The molecule has 0 spiro atoms. The van der Waals surface area contributed by atoms with Gasteiger partial charge in [-0.2, -0.15) is 0 Å². The van der Waals surface area contributed by atoms with Crippen LogP contribution in [0.2, 0.25) is 0 Å². The number of hydrogen-bond acceptors (Lipinski definition) is 3. The molecule has 1 atom stereocenters. The molecule has 1 rings (SSSR count). The van der Waals surface area contributed by atoms with Gasteiger partial charge in [-0.15, -0.1) is 6.58 Å². The first-order chi connectivity index (χ1) is 8.22. The van der Waals surface area contributed by atoms with E-state index in [-0.39, 0.29) is 6.61 Å². The van der Waals surface area contributed by atoms with E-state index < -0.39 is 6.10 Å². The third kappa shape index (κ3) is 3.88. The summed E-state index contributed by atoms with van der Waals surface area (Å²) in [5.41, 5.74) is 1.96. The van der Waals surface area contributed by atoms with E-state index in [1.807, 2.05) is 42.2 Å². The highest BCUT2D eigenvalue weighted by atomic mass is 16.3. The highest BCUT2D eigenvalue weighted by Crippen LogP contribution is 2.20. The summed E-state index contributed by atoms with van der Waals surface area (Å²) in [5.74, 6) is 0. The molecule has 3 heteroatoms. The van der Waals surface area contributed by atoms with Crippen LogP contribution in [0.3, 0.4) is 0 Å². The fraction of sp³-hybridized carbons (Fsp3) is 0.429. The van der Waals surface area contributed by atoms with Crippen LogP contribution < -0.4 is 4.90 Å². The van der Waals surface area contributed by atoms with Crippen molar-refractivity contribution in [1.82, 2.24) is 0 Å². The van der Waals surface area contributed by atoms with Gasteiger partial charge in [0, 0.05) is 18.8 Å². The largest absolute Gasteiger partial charge is 0.395 e. The first kappa shape index (κ1) is 13.7. The van der Waals surface area contributed by atoms with Crippen molar-refractivity contribution in [2.75, 3.05) is 24.6 Å². The topological polar surface area (TPSA) is 43.7 Å². The van der Waals surface area contributed by atoms with Gasteiger partial charge in [-0.25, -0.2) is 0 Å². The van der Waals surface area contributed by atoms with E-state index >= 15 is 0 Å². The second kappa shape index (κ2) is 7.09. The SMILES string of the molecule is C=CCN(CCO)c1ccc([C@@H](O)CC)cc1. The lowest BCUT2D eigenvalue weighted by molar-refractivity contribution is 0.173. The van der Waals surface area contributed by atoms with Crippen molar-refractivity contribution in [1.29, 1.82) is 0 Å². The van der Waals surface area contributed by atoms with Crippen LogP contribution in [0.1, 0.15) is 25.0 Å². The minimum absolute atomic E-state index is 0.118. The van der Waals surface area contributed by atoms with Gasteiger partial charge in [-0.3, -0.25) is 0 Å². The van der Waals surface area contributed by atoms with Crippen molar-refractivity contribution in [3.63, 3.8) is 0 Å². The Morgan fingerprint density at radius 1 is 1.35 bits per heavy atom. The van der Waals surface area contributed by atoms with Gasteiger partial charge in [0.1, 0.15) is 0 Å². The van der Waals surface area contributed by atoms with E-state index in [2.05, 4.69) is 6.58 Å². The lowest BCUT2D eigenvalue weighted by atomic mass is 10.1. The van der Waals surface area contributed by atoms with E-state index in [9.17, 15) is 5.11 Å². The predicted molar refractivity (Wildman–Crippen MR) is 71.2 cm³/mol. The Hall–Kier alpha value is -1.32. The van der Waals surface area contributed by atoms with E-state index in [0.29, 0.717) is 19.5 Å². The second-order valence-corrected chi connectivity index (χ2v) is 3.97. The summed E-state index contributed by atoms with van der Waals surface area (Å²) >= 11 is 0. The third-order valence-electron chi connectivity index (χ3n) is 2.75. The standard InChI is InChI=1S/C14H21NO2/c1-3-9-15(10-11-16)13-7-5-12(6-8-13)14(17)4-2/h3,5-8,14,16-17H,1,4,9-11H2,2H3/t14-/m0/s1. The van der Waals surface area contributed by atoms with Crippen LogP contribution in [0.25, 0.3) is 0 Å². The minimum atomic E-state index is -0.394. The molecule has 0 fully saturated rings. The molecule has 0 aliphatic heterocycles. The van der Waals surface area contributed by atoms with Crippen LogP contribution >= 0.6 is 0 Å². The molecular formula is C14H21NO2. The summed E-state index contributed by atoms with van der Waals surface area (Å²) in [4.78, 5) is 2.04. The zero-order valence-corrected chi connectivity index (χ0v) is 10.3. The molecule has 0 saturated heterocycles. The van der Waals surface area contributed by atoms with Crippen LogP contribution in [0, 0.1) is 0 Å². The number of nitrogens with zero attached hydrogens (tertiary/aromatic N) is 1. The quantitative estimate of drug-likeness (QED) is 0.711. The maximum Gasteiger partial charge on any atom is 0.0787 e. The summed E-state index contributed by atoms with van der Waals surface area (Å²) in [6.45, 7) is 7.06. The molecule has 2 N–H and O–H groups in total. The molecule has 1 aromatic rings. The fourth-order valence-electron chi connectivity index (χ4n) is 1.75. The monoisotopic (exact) mass is 235 g/mol. The smallest absolute Gasteiger partial charge is 0.0787 e. The molecule has 0 aromatic heterocycles. The minimum Gasteiger partial charge on any atom is -0.395 e. The van der Waals surface area contributed by atoms with Crippen LogP contribution in [-0.2, 0) is 0 Å². The molecule has 1 aromatic carbocycles. The van der Waals surface area contributed by atoms with Gasteiger partial charge in [-0.1, -0.05) is 25.1 Å². The Balaban J connectivity index is 2.79. The highest BCUT2D eigenvalue weighted by Gasteiger charge is 2.07. The molecule has 0 unspecified atom stereocenters. The maximum absolute atomic E-state index is 9.70. The Labute approximate surface area is 103 Å². The molecule has 0 amide bonds. The van der Waals surface area contributed by atoms with Crippen molar-refractivity contribution in [2.45, 2.75) is 19.4 Å². The van der Waals surface area contributed by atoms with Crippen molar-refractivity contribution in [3.8, 4) is 0 Å². The molecule has 94 valence electrons.